The molecule has 0 N–H and O–H groups in total. The van der Waals surface area contributed by atoms with Gasteiger partial charge in [-0.15, -0.1) is 0 Å². The highest BCUT2D eigenvalue weighted by molar-refractivity contribution is 5.99. The van der Waals surface area contributed by atoms with Crippen LogP contribution in [0.15, 0.2) is 18.2 Å². The van der Waals surface area contributed by atoms with Crippen LogP contribution in [-0.4, -0.2) is 23.8 Å². The van der Waals surface area contributed by atoms with Crippen molar-refractivity contribution in [3.05, 3.63) is 29.3 Å². The van der Waals surface area contributed by atoms with Gasteiger partial charge in [0.05, 0.1) is 0 Å². The molecule has 4 rings (SSSR count). The number of benzene rings is 1. The summed E-state index contributed by atoms with van der Waals surface area (Å²) in [7, 11) is 0. The number of Topliss-reactive ketones (excluding diaryl/α,β-unsaturated/α-hetero) is 1. The summed E-state index contributed by atoms with van der Waals surface area (Å²) < 4.78 is 10.8. The number of carbonyl (C=O) groups is 3. The van der Waals surface area contributed by atoms with E-state index in [0.717, 1.165) is 31.2 Å². The number of hydrogen-bond acceptors (Lipinski definition) is 5. The number of fused-ring (bicyclic) bond motifs is 5. The van der Waals surface area contributed by atoms with Gasteiger partial charge in [0, 0.05) is 31.2 Å². The predicted octanol–water partition coefficient (Wildman–Crippen LogP) is 4.04. The molecule has 3 aliphatic rings. The van der Waals surface area contributed by atoms with Gasteiger partial charge in [0.25, 0.3) is 0 Å². The van der Waals surface area contributed by atoms with Crippen LogP contribution in [0.5, 0.6) is 5.75 Å². The zero-order valence-electron chi connectivity index (χ0n) is 16.1. The highest BCUT2D eigenvalue weighted by atomic mass is 16.5. The maximum atomic E-state index is 12.9. The Balaban J connectivity index is 1.64. The lowest BCUT2D eigenvalue weighted by Gasteiger charge is -2.50. The highest BCUT2D eigenvalue weighted by Gasteiger charge is 2.57. The first-order valence-electron chi connectivity index (χ1n) is 9.82. The van der Waals surface area contributed by atoms with Crippen molar-refractivity contribution in [3.63, 3.8) is 0 Å². The van der Waals surface area contributed by atoms with Gasteiger partial charge >= 0.3 is 11.9 Å². The van der Waals surface area contributed by atoms with Gasteiger partial charge in [-0.3, -0.25) is 14.4 Å². The highest BCUT2D eigenvalue weighted by Crippen LogP contribution is 2.61. The summed E-state index contributed by atoms with van der Waals surface area (Å²) in [5.74, 6) is 0.997. The molecule has 1 aromatic carbocycles. The van der Waals surface area contributed by atoms with Crippen LogP contribution < -0.4 is 4.74 Å². The second-order valence-corrected chi connectivity index (χ2v) is 8.57. The molecule has 5 nitrogen and oxygen atoms in total. The van der Waals surface area contributed by atoms with Gasteiger partial charge in [-0.2, -0.15) is 0 Å². The summed E-state index contributed by atoms with van der Waals surface area (Å²) >= 11 is 0. The molecule has 2 fully saturated rings. The van der Waals surface area contributed by atoms with Crippen molar-refractivity contribution in [1.82, 2.24) is 0 Å². The molecule has 0 aliphatic heterocycles. The molecule has 5 atom stereocenters. The molecule has 0 bridgehead atoms. The third kappa shape index (κ3) is 2.97. The topological polar surface area (TPSA) is 69.7 Å². The third-order valence-electron chi connectivity index (χ3n) is 7.07. The minimum atomic E-state index is -0.382. The van der Waals surface area contributed by atoms with Crippen molar-refractivity contribution in [3.8, 4) is 5.75 Å². The van der Waals surface area contributed by atoms with E-state index < -0.39 is 0 Å². The molecule has 3 unspecified atom stereocenters. The van der Waals surface area contributed by atoms with Gasteiger partial charge in [0.1, 0.15) is 11.9 Å². The summed E-state index contributed by atoms with van der Waals surface area (Å²) in [6.45, 7) is 5.07. The molecule has 0 saturated heterocycles. The SMILES string of the molecule is CC(=O)Oc1ccc2c(c1)C(=O)CC1C2CC[C@@]2(C)C1CC[C@@H]2OC(C)=O. The van der Waals surface area contributed by atoms with E-state index in [-0.39, 0.29) is 29.2 Å². The molecular formula is C22H26O5. The molecule has 1 aromatic rings. The zero-order valence-corrected chi connectivity index (χ0v) is 16.1. The lowest BCUT2D eigenvalue weighted by atomic mass is 9.55. The minimum Gasteiger partial charge on any atom is -0.462 e. The van der Waals surface area contributed by atoms with Gasteiger partial charge in [0.15, 0.2) is 5.78 Å². The first-order valence-corrected chi connectivity index (χ1v) is 9.82. The van der Waals surface area contributed by atoms with Crippen molar-refractivity contribution >= 4 is 17.7 Å². The van der Waals surface area contributed by atoms with Crippen molar-refractivity contribution < 1.29 is 23.9 Å². The minimum absolute atomic E-state index is 0.0382. The smallest absolute Gasteiger partial charge is 0.308 e. The van der Waals surface area contributed by atoms with E-state index in [4.69, 9.17) is 9.47 Å². The molecular weight excluding hydrogens is 344 g/mol. The fourth-order valence-corrected chi connectivity index (χ4v) is 5.96. The van der Waals surface area contributed by atoms with Crippen molar-refractivity contribution in [2.75, 3.05) is 0 Å². The van der Waals surface area contributed by atoms with Gasteiger partial charge in [-0.05, 0) is 61.1 Å². The van der Waals surface area contributed by atoms with Gasteiger partial charge < -0.3 is 9.47 Å². The van der Waals surface area contributed by atoms with Crippen molar-refractivity contribution in [2.24, 2.45) is 17.3 Å². The molecule has 27 heavy (non-hydrogen) atoms. The quantitative estimate of drug-likeness (QED) is 0.580. The Bertz CT molecular complexity index is 813. The number of ketones is 1. The summed E-state index contributed by atoms with van der Waals surface area (Å²) in [5, 5.41) is 0. The Morgan fingerprint density at radius 3 is 2.59 bits per heavy atom. The standard InChI is InChI=1S/C22H26O5/c1-12(23)26-14-4-5-15-16-8-9-22(3)19(6-7-21(22)27-13(2)24)17(16)11-20(25)18(15)10-14/h4-5,10,16-17,19,21H,6-9,11H2,1-3H3/t16?,17?,19?,21-,22-/m0/s1. The third-order valence-corrected chi connectivity index (χ3v) is 7.07. The zero-order chi connectivity index (χ0) is 19.3. The van der Waals surface area contributed by atoms with E-state index in [1.54, 1.807) is 12.1 Å². The van der Waals surface area contributed by atoms with Crippen LogP contribution >= 0.6 is 0 Å². The molecule has 0 amide bonds. The van der Waals surface area contributed by atoms with E-state index in [0.29, 0.717) is 35.5 Å². The Labute approximate surface area is 159 Å². The predicted molar refractivity (Wildman–Crippen MR) is 98.5 cm³/mol. The molecule has 0 heterocycles. The largest absolute Gasteiger partial charge is 0.462 e. The van der Waals surface area contributed by atoms with Crippen LogP contribution in [0, 0.1) is 17.3 Å². The first-order chi connectivity index (χ1) is 12.8. The fourth-order valence-electron chi connectivity index (χ4n) is 5.96. The van der Waals surface area contributed by atoms with E-state index in [9.17, 15) is 14.4 Å². The van der Waals surface area contributed by atoms with Gasteiger partial charge in [0.2, 0.25) is 0 Å². The van der Waals surface area contributed by atoms with Crippen LogP contribution in [-0.2, 0) is 14.3 Å². The van der Waals surface area contributed by atoms with Crippen LogP contribution in [0.4, 0.5) is 0 Å². The summed E-state index contributed by atoms with van der Waals surface area (Å²) in [5.41, 5.74) is 1.75. The number of esters is 2. The van der Waals surface area contributed by atoms with Crippen LogP contribution in [0.3, 0.4) is 0 Å². The summed E-state index contributed by atoms with van der Waals surface area (Å²) in [6, 6.07) is 5.48. The second-order valence-electron chi connectivity index (χ2n) is 8.57. The Hall–Kier alpha value is -2.17. The number of carbonyl (C=O) groups excluding carboxylic acids is 3. The lowest BCUT2D eigenvalue weighted by molar-refractivity contribution is -0.154. The molecule has 0 spiro atoms. The van der Waals surface area contributed by atoms with Gasteiger partial charge in [-0.1, -0.05) is 13.0 Å². The monoisotopic (exact) mass is 370 g/mol. The Morgan fingerprint density at radius 1 is 1.11 bits per heavy atom. The normalized spacial score (nSPS) is 34.3. The maximum absolute atomic E-state index is 12.9. The second kappa shape index (κ2) is 6.47. The molecule has 3 aliphatic carbocycles. The molecule has 2 saturated carbocycles. The maximum Gasteiger partial charge on any atom is 0.308 e. The summed E-state index contributed by atoms with van der Waals surface area (Å²) in [6.07, 6.45) is 4.36. The average Bonchev–Trinajstić information content (AvgIpc) is 2.91. The van der Waals surface area contributed by atoms with Crippen LogP contribution in [0.25, 0.3) is 0 Å². The van der Waals surface area contributed by atoms with E-state index in [1.165, 1.54) is 13.8 Å². The van der Waals surface area contributed by atoms with Crippen LogP contribution in [0.1, 0.15) is 74.7 Å². The Kier molecular flexibility index (Phi) is 4.36. The average molecular weight is 370 g/mol. The Morgan fingerprint density at radius 2 is 1.89 bits per heavy atom. The summed E-state index contributed by atoms with van der Waals surface area (Å²) in [4.78, 5) is 35.6. The number of hydrogen-bond donors (Lipinski definition) is 0. The van der Waals surface area contributed by atoms with E-state index in [2.05, 4.69) is 6.92 Å². The van der Waals surface area contributed by atoms with E-state index >= 15 is 0 Å². The van der Waals surface area contributed by atoms with Gasteiger partial charge in [-0.25, -0.2) is 0 Å². The van der Waals surface area contributed by atoms with Crippen LogP contribution in [0.2, 0.25) is 0 Å². The first kappa shape index (κ1) is 18.2. The molecule has 0 radical (unpaired) electrons. The van der Waals surface area contributed by atoms with Crippen molar-refractivity contribution in [2.45, 2.75) is 64.9 Å². The molecule has 0 aromatic heterocycles. The molecule has 144 valence electrons. The van der Waals surface area contributed by atoms with E-state index in [1.807, 2.05) is 6.07 Å². The lowest BCUT2D eigenvalue weighted by Crippen LogP contribution is -2.45. The number of ether oxygens (including phenoxy) is 2. The fraction of sp³-hybridized carbons (Fsp3) is 0.591. The van der Waals surface area contributed by atoms with Crippen molar-refractivity contribution in [1.29, 1.82) is 0 Å². The number of rotatable bonds is 2. The molecule has 5 heteroatoms.